The first kappa shape index (κ1) is 10.0. The summed E-state index contributed by atoms with van der Waals surface area (Å²) in [5.74, 6) is 0. The van der Waals surface area contributed by atoms with Crippen LogP contribution in [0.3, 0.4) is 0 Å². The molecule has 0 aromatic carbocycles. The minimum Gasteiger partial charge on any atom is -0.258 e. The van der Waals surface area contributed by atoms with Crippen molar-refractivity contribution in [3.8, 4) is 0 Å². The first-order chi connectivity index (χ1) is 6.65. The van der Waals surface area contributed by atoms with E-state index >= 15 is 0 Å². The molecule has 0 aliphatic rings. The number of hydrogen-bond donors (Lipinski definition) is 0. The average molecular weight is 193 g/mol. The van der Waals surface area contributed by atoms with E-state index in [1.165, 1.54) is 18.2 Å². The average Bonchev–Trinajstić information content (AvgIpc) is 2.18. The molecule has 6 heteroatoms. The monoisotopic (exact) mass is 193 g/mol. The molecule has 1 rings (SSSR count). The molecule has 0 radical (unpaired) electrons. The van der Waals surface area contributed by atoms with Crippen molar-refractivity contribution in [2.45, 2.75) is 13.0 Å². The zero-order valence-corrected chi connectivity index (χ0v) is 7.38. The third-order valence-electron chi connectivity index (χ3n) is 1.66. The minimum atomic E-state index is -0.537. The van der Waals surface area contributed by atoms with Gasteiger partial charge in [-0.05, 0) is 13.0 Å². The van der Waals surface area contributed by atoms with E-state index in [0.29, 0.717) is 5.69 Å². The molecule has 0 N–H and O–H groups in total. The zero-order valence-electron chi connectivity index (χ0n) is 7.38. The Kier molecular flexibility index (Phi) is 3.04. The van der Waals surface area contributed by atoms with Crippen LogP contribution in [0.4, 0.5) is 5.69 Å². The van der Waals surface area contributed by atoms with Crippen LogP contribution >= 0.6 is 0 Å². The topological polar surface area (TPSA) is 85.5 Å². The van der Waals surface area contributed by atoms with Gasteiger partial charge in [-0.15, -0.1) is 0 Å². The van der Waals surface area contributed by atoms with Crippen molar-refractivity contribution in [3.63, 3.8) is 0 Å². The van der Waals surface area contributed by atoms with Gasteiger partial charge in [-0.1, -0.05) is 0 Å². The van der Waals surface area contributed by atoms with Crippen LogP contribution in [0.25, 0.3) is 0 Å². The van der Waals surface area contributed by atoms with E-state index < -0.39 is 11.0 Å². The Labute approximate surface area is 79.5 Å². The molecule has 1 heterocycles. The Morgan fingerprint density at radius 1 is 1.64 bits per heavy atom. The van der Waals surface area contributed by atoms with Gasteiger partial charge in [0.15, 0.2) is 0 Å². The summed E-state index contributed by atoms with van der Waals surface area (Å²) in [6, 6.07) is 2.36. The molecule has 6 nitrogen and oxygen atoms in total. The van der Waals surface area contributed by atoms with E-state index in [4.69, 9.17) is 0 Å². The zero-order chi connectivity index (χ0) is 10.6. The lowest BCUT2D eigenvalue weighted by molar-refractivity contribution is -0.385. The molecule has 0 amide bonds. The number of aliphatic imine (C=N–C) groups is 1. The number of nitrogens with zero attached hydrogens (tertiary/aromatic N) is 3. The number of hydrogen-bond acceptors (Lipinski definition) is 5. The molecule has 0 aliphatic heterocycles. The highest BCUT2D eigenvalue weighted by atomic mass is 16.6. The first-order valence-electron chi connectivity index (χ1n) is 3.82. The van der Waals surface area contributed by atoms with Crippen molar-refractivity contribution >= 4 is 11.8 Å². The second kappa shape index (κ2) is 4.25. The van der Waals surface area contributed by atoms with Crippen molar-refractivity contribution in [2.24, 2.45) is 4.99 Å². The van der Waals surface area contributed by atoms with Gasteiger partial charge >= 0.3 is 0 Å². The van der Waals surface area contributed by atoms with Gasteiger partial charge in [-0.2, -0.15) is 4.99 Å². The Bertz CT molecular complexity index is 381. The summed E-state index contributed by atoms with van der Waals surface area (Å²) in [7, 11) is 0. The summed E-state index contributed by atoms with van der Waals surface area (Å²) >= 11 is 0. The van der Waals surface area contributed by atoms with Crippen LogP contribution in [0, 0.1) is 10.1 Å². The summed E-state index contributed by atoms with van der Waals surface area (Å²) in [6.07, 6.45) is 2.54. The largest absolute Gasteiger partial charge is 0.287 e. The summed E-state index contributed by atoms with van der Waals surface area (Å²) in [4.78, 5) is 26.9. The smallest absolute Gasteiger partial charge is 0.258 e. The molecule has 0 aliphatic carbocycles. The van der Waals surface area contributed by atoms with Crippen molar-refractivity contribution < 1.29 is 9.72 Å². The van der Waals surface area contributed by atoms with Gasteiger partial charge in [0.2, 0.25) is 6.08 Å². The maximum atomic E-state index is 10.3. The maximum absolute atomic E-state index is 10.3. The van der Waals surface area contributed by atoms with Crippen LogP contribution in [0.5, 0.6) is 0 Å². The van der Waals surface area contributed by atoms with Crippen molar-refractivity contribution in [1.82, 2.24) is 4.98 Å². The first-order valence-corrected chi connectivity index (χ1v) is 3.82. The predicted octanol–water partition coefficient (Wildman–Crippen LogP) is 1.39. The Morgan fingerprint density at radius 3 is 2.79 bits per heavy atom. The summed E-state index contributed by atoms with van der Waals surface area (Å²) in [5, 5.41) is 10.3. The van der Waals surface area contributed by atoms with Gasteiger partial charge in [0.05, 0.1) is 10.6 Å². The fourth-order valence-corrected chi connectivity index (χ4v) is 0.898. The number of nitro groups is 1. The molecule has 0 fully saturated rings. The molecular weight excluding hydrogens is 186 g/mol. The Morgan fingerprint density at radius 2 is 2.36 bits per heavy atom. The maximum Gasteiger partial charge on any atom is 0.287 e. The fraction of sp³-hybridized carbons (Fsp3) is 0.250. The van der Waals surface area contributed by atoms with Crippen LogP contribution < -0.4 is 0 Å². The predicted molar refractivity (Wildman–Crippen MR) is 47.4 cm³/mol. The van der Waals surface area contributed by atoms with Crippen LogP contribution in [0.1, 0.15) is 18.7 Å². The van der Waals surface area contributed by atoms with Gasteiger partial charge in [0.25, 0.3) is 5.69 Å². The Hall–Kier alpha value is -2.07. The van der Waals surface area contributed by atoms with Crippen molar-refractivity contribution in [1.29, 1.82) is 0 Å². The molecule has 0 saturated heterocycles. The van der Waals surface area contributed by atoms with Crippen LogP contribution in [-0.4, -0.2) is 16.0 Å². The second-order valence-electron chi connectivity index (χ2n) is 2.59. The summed E-state index contributed by atoms with van der Waals surface area (Å²) < 4.78 is 0. The van der Waals surface area contributed by atoms with E-state index in [1.807, 2.05) is 0 Å². The molecule has 14 heavy (non-hydrogen) atoms. The molecule has 0 spiro atoms. The van der Waals surface area contributed by atoms with Gasteiger partial charge in [-0.25, -0.2) is 4.79 Å². The van der Waals surface area contributed by atoms with E-state index in [-0.39, 0.29) is 5.69 Å². The van der Waals surface area contributed by atoms with Crippen LogP contribution in [0.2, 0.25) is 0 Å². The number of isocyanates is 1. The lowest BCUT2D eigenvalue weighted by Gasteiger charge is -2.01. The molecular formula is C8H7N3O3. The van der Waals surface area contributed by atoms with Crippen LogP contribution in [-0.2, 0) is 4.79 Å². The Balaban J connectivity index is 2.93. The van der Waals surface area contributed by atoms with E-state index in [2.05, 4.69) is 9.98 Å². The van der Waals surface area contributed by atoms with Gasteiger partial charge in [0.1, 0.15) is 12.2 Å². The third kappa shape index (κ3) is 2.21. The number of rotatable bonds is 3. The highest BCUT2D eigenvalue weighted by molar-refractivity contribution is 5.35. The quantitative estimate of drug-likeness (QED) is 0.314. The summed E-state index contributed by atoms with van der Waals surface area (Å²) in [6.45, 7) is 1.65. The van der Waals surface area contributed by atoms with E-state index in [1.54, 1.807) is 6.92 Å². The van der Waals surface area contributed by atoms with Crippen LogP contribution in [0.15, 0.2) is 23.3 Å². The fourth-order valence-electron chi connectivity index (χ4n) is 0.898. The molecule has 1 atom stereocenters. The molecule has 1 aromatic heterocycles. The van der Waals surface area contributed by atoms with Gasteiger partial charge in [0, 0.05) is 6.07 Å². The molecule has 1 aromatic rings. The minimum absolute atomic E-state index is 0.0870. The molecule has 0 bridgehead atoms. The van der Waals surface area contributed by atoms with Crippen molar-refractivity contribution in [3.05, 3.63) is 34.1 Å². The highest BCUT2D eigenvalue weighted by Gasteiger charge is 2.08. The number of aromatic nitrogens is 1. The molecule has 1 unspecified atom stereocenters. The van der Waals surface area contributed by atoms with E-state index in [9.17, 15) is 14.9 Å². The SMILES string of the molecule is CC(N=C=O)c1ccc([N+](=O)[O-])cn1. The normalized spacial score (nSPS) is 11.5. The lowest BCUT2D eigenvalue weighted by Crippen LogP contribution is -1.95. The summed E-state index contributed by atoms with van der Waals surface area (Å²) in [5.41, 5.74) is 0.412. The van der Waals surface area contributed by atoms with Crippen molar-refractivity contribution in [2.75, 3.05) is 0 Å². The lowest BCUT2D eigenvalue weighted by atomic mass is 10.2. The molecule has 72 valence electrons. The number of pyridine rings is 1. The van der Waals surface area contributed by atoms with Gasteiger partial charge < -0.3 is 0 Å². The highest BCUT2D eigenvalue weighted by Crippen LogP contribution is 2.16. The van der Waals surface area contributed by atoms with E-state index in [0.717, 1.165) is 6.20 Å². The third-order valence-corrected chi connectivity index (χ3v) is 1.66. The standard InChI is InChI=1S/C8H7N3O3/c1-6(10-5-12)8-3-2-7(4-9-8)11(13)14/h2-4,6H,1H3. The number of carbonyl (C=O) groups excluding carboxylic acids is 1. The molecule has 0 saturated carbocycles. The second-order valence-corrected chi connectivity index (χ2v) is 2.59. The van der Waals surface area contributed by atoms with Gasteiger partial charge in [-0.3, -0.25) is 15.1 Å².